The number of amidine groups is 1. The van der Waals surface area contributed by atoms with Crippen molar-refractivity contribution in [3.8, 4) is 5.75 Å². The molecule has 0 unspecified atom stereocenters. The predicted molar refractivity (Wildman–Crippen MR) is 92.7 cm³/mol. The van der Waals surface area contributed by atoms with Gasteiger partial charge in [0.15, 0.2) is 5.17 Å². The van der Waals surface area contributed by atoms with E-state index < -0.39 is 0 Å². The number of para-hydroxylation sites is 2. The Labute approximate surface area is 136 Å². The Morgan fingerprint density at radius 2 is 2.14 bits per heavy atom. The molecule has 0 saturated carbocycles. The maximum atomic E-state index is 12.0. The second kappa shape index (κ2) is 6.81. The van der Waals surface area contributed by atoms with Gasteiger partial charge in [0.1, 0.15) is 11.4 Å². The molecule has 0 atom stereocenters. The Bertz CT molecular complexity index is 736. The zero-order chi connectivity index (χ0) is 15.4. The van der Waals surface area contributed by atoms with Crippen molar-refractivity contribution in [2.24, 2.45) is 4.99 Å². The van der Waals surface area contributed by atoms with Crippen LogP contribution in [-0.2, 0) is 4.79 Å². The number of nitrogens with one attached hydrogen (secondary N) is 1. The van der Waals surface area contributed by atoms with E-state index in [0.29, 0.717) is 28.1 Å². The Morgan fingerprint density at radius 3 is 2.91 bits per heavy atom. The molecule has 1 amide bonds. The Balaban J connectivity index is 1.84. The molecule has 6 heteroatoms. The molecule has 1 aromatic heterocycles. The number of thioether (sulfide) groups is 1. The van der Waals surface area contributed by atoms with E-state index in [2.05, 4.69) is 10.3 Å². The van der Waals surface area contributed by atoms with Crippen molar-refractivity contribution < 1.29 is 9.53 Å². The van der Waals surface area contributed by atoms with Gasteiger partial charge in [-0.1, -0.05) is 18.2 Å². The molecule has 2 aromatic rings. The van der Waals surface area contributed by atoms with Crippen LogP contribution in [0.4, 0.5) is 5.69 Å². The number of hydrogen-bond acceptors (Lipinski definition) is 5. The monoisotopic (exact) mass is 330 g/mol. The van der Waals surface area contributed by atoms with Crippen LogP contribution >= 0.6 is 23.1 Å². The van der Waals surface area contributed by atoms with Crippen molar-refractivity contribution in [1.29, 1.82) is 0 Å². The molecule has 1 aromatic carbocycles. The number of rotatable bonds is 4. The third-order valence-electron chi connectivity index (χ3n) is 2.85. The van der Waals surface area contributed by atoms with Crippen molar-refractivity contribution >= 4 is 45.9 Å². The highest BCUT2D eigenvalue weighted by molar-refractivity contribution is 8.18. The van der Waals surface area contributed by atoms with Gasteiger partial charge in [0, 0.05) is 4.88 Å². The number of carbonyl (C=O) groups is 1. The molecule has 0 spiro atoms. The van der Waals surface area contributed by atoms with Crippen LogP contribution in [0, 0.1) is 0 Å². The molecular weight excluding hydrogens is 316 g/mol. The Kier molecular flexibility index (Phi) is 4.60. The van der Waals surface area contributed by atoms with Crippen LogP contribution in [-0.4, -0.2) is 17.7 Å². The van der Waals surface area contributed by atoms with Crippen molar-refractivity contribution in [3.63, 3.8) is 0 Å². The van der Waals surface area contributed by atoms with Crippen molar-refractivity contribution in [2.75, 3.05) is 6.61 Å². The van der Waals surface area contributed by atoms with Crippen LogP contribution in [0.1, 0.15) is 11.8 Å². The molecule has 0 radical (unpaired) electrons. The smallest absolute Gasteiger partial charge is 0.264 e. The molecular formula is C16H14N2O2S2. The van der Waals surface area contributed by atoms with E-state index in [1.54, 1.807) is 11.3 Å². The molecule has 0 bridgehead atoms. The molecule has 1 aliphatic heterocycles. The summed E-state index contributed by atoms with van der Waals surface area (Å²) >= 11 is 2.94. The number of nitrogens with zero attached hydrogens (tertiary/aromatic N) is 1. The maximum Gasteiger partial charge on any atom is 0.264 e. The normalized spacial score (nSPS) is 18.0. The average Bonchev–Trinajstić information content (AvgIpc) is 3.13. The summed E-state index contributed by atoms with van der Waals surface area (Å²) in [4.78, 5) is 18.2. The Morgan fingerprint density at radius 1 is 1.27 bits per heavy atom. The van der Waals surface area contributed by atoms with E-state index >= 15 is 0 Å². The second-order valence-electron chi connectivity index (χ2n) is 4.40. The molecule has 3 rings (SSSR count). The number of aliphatic imine (C=N–C) groups is 1. The topological polar surface area (TPSA) is 50.7 Å². The van der Waals surface area contributed by atoms with Crippen molar-refractivity contribution in [1.82, 2.24) is 5.32 Å². The summed E-state index contributed by atoms with van der Waals surface area (Å²) in [6.45, 7) is 2.50. The summed E-state index contributed by atoms with van der Waals surface area (Å²) < 4.78 is 5.54. The molecule has 0 aliphatic carbocycles. The largest absolute Gasteiger partial charge is 0.492 e. The first-order valence-corrected chi connectivity index (χ1v) is 8.51. The lowest BCUT2D eigenvalue weighted by Gasteiger charge is -2.06. The van der Waals surface area contributed by atoms with Gasteiger partial charge in [-0.2, -0.15) is 0 Å². The molecule has 1 aliphatic rings. The SMILES string of the molecule is CCOc1ccccc1N=C1NC(=O)/C(=C\c2cccs2)S1. The molecule has 4 nitrogen and oxygen atoms in total. The number of thiophene rings is 1. The molecule has 1 saturated heterocycles. The summed E-state index contributed by atoms with van der Waals surface area (Å²) in [5, 5.41) is 5.34. The highest BCUT2D eigenvalue weighted by Crippen LogP contribution is 2.32. The third-order valence-corrected chi connectivity index (χ3v) is 4.58. The lowest BCUT2D eigenvalue weighted by atomic mass is 10.3. The number of benzene rings is 1. The zero-order valence-corrected chi connectivity index (χ0v) is 13.5. The van der Waals surface area contributed by atoms with Crippen LogP contribution in [0.3, 0.4) is 0 Å². The quantitative estimate of drug-likeness (QED) is 0.861. The maximum absolute atomic E-state index is 12.0. The minimum atomic E-state index is -0.119. The van der Waals surface area contributed by atoms with Gasteiger partial charge in [0.2, 0.25) is 0 Å². The standard InChI is InChI=1S/C16H14N2O2S2/c1-2-20-13-8-4-3-7-12(13)17-16-18-15(19)14(22-16)10-11-6-5-9-21-11/h3-10H,2H2,1H3,(H,17,18,19)/b14-10+. The second-order valence-corrected chi connectivity index (χ2v) is 6.41. The van der Waals surface area contributed by atoms with E-state index in [-0.39, 0.29) is 5.91 Å². The van der Waals surface area contributed by atoms with E-state index in [1.807, 2.05) is 54.8 Å². The van der Waals surface area contributed by atoms with E-state index in [9.17, 15) is 4.79 Å². The number of hydrogen-bond donors (Lipinski definition) is 1. The fraction of sp³-hybridized carbons (Fsp3) is 0.125. The van der Waals surface area contributed by atoms with Crippen LogP contribution < -0.4 is 10.1 Å². The van der Waals surface area contributed by atoms with Crippen LogP contribution in [0.2, 0.25) is 0 Å². The highest BCUT2D eigenvalue weighted by Gasteiger charge is 2.24. The highest BCUT2D eigenvalue weighted by atomic mass is 32.2. The van der Waals surface area contributed by atoms with Gasteiger partial charge in [-0.15, -0.1) is 11.3 Å². The van der Waals surface area contributed by atoms with Gasteiger partial charge < -0.3 is 10.1 Å². The van der Waals surface area contributed by atoms with Crippen LogP contribution in [0.25, 0.3) is 6.08 Å². The first-order valence-electron chi connectivity index (χ1n) is 6.81. The first-order chi connectivity index (χ1) is 10.8. The zero-order valence-electron chi connectivity index (χ0n) is 11.9. The summed E-state index contributed by atoms with van der Waals surface area (Å²) in [6.07, 6.45) is 1.88. The fourth-order valence-electron chi connectivity index (χ4n) is 1.92. The van der Waals surface area contributed by atoms with Gasteiger partial charge >= 0.3 is 0 Å². The van der Waals surface area contributed by atoms with E-state index in [0.717, 1.165) is 4.88 Å². The summed E-state index contributed by atoms with van der Waals surface area (Å²) in [5.74, 6) is 0.592. The number of carbonyl (C=O) groups excluding carboxylic acids is 1. The van der Waals surface area contributed by atoms with Crippen LogP contribution in [0.5, 0.6) is 5.75 Å². The van der Waals surface area contributed by atoms with Gasteiger partial charge in [-0.3, -0.25) is 4.79 Å². The van der Waals surface area contributed by atoms with Gasteiger partial charge in [-0.05, 0) is 48.3 Å². The molecule has 1 N–H and O–H groups in total. The third kappa shape index (κ3) is 3.40. The summed E-state index contributed by atoms with van der Waals surface area (Å²) in [7, 11) is 0. The number of amides is 1. The van der Waals surface area contributed by atoms with Crippen molar-refractivity contribution in [2.45, 2.75) is 6.92 Å². The van der Waals surface area contributed by atoms with Crippen molar-refractivity contribution in [3.05, 3.63) is 51.6 Å². The minimum absolute atomic E-state index is 0.119. The van der Waals surface area contributed by atoms with Gasteiger partial charge in [0.05, 0.1) is 11.5 Å². The van der Waals surface area contributed by atoms with Crippen LogP contribution in [0.15, 0.2) is 51.7 Å². The van der Waals surface area contributed by atoms with Gasteiger partial charge in [-0.25, -0.2) is 4.99 Å². The van der Waals surface area contributed by atoms with E-state index in [1.165, 1.54) is 11.8 Å². The molecule has 22 heavy (non-hydrogen) atoms. The molecule has 2 heterocycles. The first kappa shape index (κ1) is 14.9. The fourth-order valence-corrected chi connectivity index (χ4v) is 3.48. The number of ether oxygens (including phenoxy) is 1. The summed E-state index contributed by atoms with van der Waals surface area (Å²) in [6, 6.07) is 11.5. The lowest BCUT2D eigenvalue weighted by molar-refractivity contribution is -0.115. The molecule has 1 fully saturated rings. The predicted octanol–water partition coefficient (Wildman–Crippen LogP) is 4.04. The average molecular weight is 330 g/mol. The lowest BCUT2D eigenvalue weighted by Crippen LogP contribution is -2.19. The Hall–Kier alpha value is -2.05. The molecule has 112 valence electrons. The van der Waals surface area contributed by atoms with Gasteiger partial charge in [0.25, 0.3) is 5.91 Å². The minimum Gasteiger partial charge on any atom is -0.492 e. The summed E-state index contributed by atoms with van der Waals surface area (Å²) in [5.41, 5.74) is 0.713. The van der Waals surface area contributed by atoms with E-state index in [4.69, 9.17) is 4.74 Å².